The summed E-state index contributed by atoms with van der Waals surface area (Å²) in [6.07, 6.45) is 2.34. The van der Waals surface area contributed by atoms with Crippen molar-refractivity contribution in [2.45, 2.75) is 46.8 Å². The number of amides is 1. The van der Waals surface area contributed by atoms with Gasteiger partial charge in [-0.3, -0.25) is 4.79 Å². The van der Waals surface area contributed by atoms with Crippen molar-refractivity contribution in [2.24, 2.45) is 5.73 Å². The van der Waals surface area contributed by atoms with Gasteiger partial charge in [0, 0.05) is 30.9 Å². The fourth-order valence-corrected chi connectivity index (χ4v) is 4.38. The van der Waals surface area contributed by atoms with Crippen LogP contribution in [0.2, 0.25) is 5.15 Å². The molecular formula is C24H34ClN8O+. The average Bonchev–Trinajstić information content (AvgIpc) is 3.14. The fourth-order valence-electron chi connectivity index (χ4n) is 4.24. The van der Waals surface area contributed by atoms with Gasteiger partial charge in [0.25, 0.3) is 11.7 Å². The number of aryl methyl sites for hydroxylation is 2. The number of benzene rings is 1. The van der Waals surface area contributed by atoms with Gasteiger partial charge in [-0.1, -0.05) is 25.1 Å². The first kappa shape index (κ1) is 25.5. The highest BCUT2D eigenvalue weighted by Gasteiger charge is 2.25. The molecule has 0 saturated carbocycles. The molecule has 5 N–H and O–H groups in total. The first-order chi connectivity index (χ1) is 16.4. The fraction of sp³-hybridized carbons (Fsp3) is 0.417. The van der Waals surface area contributed by atoms with Crippen molar-refractivity contribution in [3.05, 3.63) is 53.2 Å². The number of rotatable bonds is 11. The van der Waals surface area contributed by atoms with E-state index in [-0.39, 0.29) is 16.7 Å². The molecule has 0 spiro atoms. The maximum absolute atomic E-state index is 12.7. The summed E-state index contributed by atoms with van der Waals surface area (Å²) in [4.78, 5) is 22.9. The third-order valence-electron chi connectivity index (χ3n) is 5.81. The molecule has 1 amide bonds. The lowest BCUT2D eigenvalue weighted by molar-refractivity contribution is -0.676. The van der Waals surface area contributed by atoms with Gasteiger partial charge in [-0.05, 0) is 38.5 Å². The Labute approximate surface area is 205 Å². The largest absolute Gasteiger partial charge is 0.382 e. The van der Waals surface area contributed by atoms with Crippen LogP contribution in [0.25, 0.3) is 16.7 Å². The molecule has 182 valence electrons. The zero-order valence-electron chi connectivity index (χ0n) is 20.1. The predicted molar refractivity (Wildman–Crippen MR) is 136 cm³/mol. The Hall–Kier alpha value is -3.17. The number of anilines is 1. The molecule has 2 aromatic heterocycles. The minimum atomic E-state index is -0.422. The first-order valence-electron chi connectivity index (χ1n) is 11.6. The van der Waals surface area contributed by atoms with Crippen molar-refractivity contribution in [3.8, 4) is 0 Å². The second-order valence-electron chi connectivity index (χ2n) is 7.94. The Kier molecular flexibility index (Phi) is 8.46. The minimum absolute atomic E-state index is 0.0178. The minimum Gasteiger partial charge on any atom is -0.382 e. The van der Waals surface area contributed by atoms with Crippen LogP contribution in [-0.2, 0) is 19.6 Å². The lowest BCUT2D eigenvalue weighted by Crippen LogP contribution is -2.40. The number of nitrogens with one attached hydrogen (secondary N) is 1. The average molecular weight is 486 g/mol. The molecule has 0 saturated heterocycles. The van der Waals surface area contributed by atoms with Crippen molar-refractivity contribution in [3.63, 3.8) is 0 Å². The van der Waals surface area contributed by atoms with Crippen LogP contribution in [0.4, 0.5) is 5.82 Å². The first-order valence-corrected chi connectivity index (χ1v) is 12.0. The van der Waals surface area contributed by atoms with E-state index in [2.05, 4.69) is 74.9 Å². The predicted octanol–water partition coefficient (Wildman–Crippen LogP) is 2.57. The summed E-state index contributed by atoms with van der Waals surface area (Å²) in [6, 6.07) is 6.38. The number of imidazole rings is 1. The van der Waals surface area contributed by atoms with Gasteiger partial charge in [-0.2, -0.15) is 0 Å². The van der Waals surface area contributed by atoms with Gasteiger partial charge in [0.1, 0.15) is 11.7 Å². The van der Waals surface area contributed by atoms with Crippen LogP contribution in [0.3, 0.4) is 0 Å². The Morgan fingerprint density at radius 1 is 1.29 bits per heavy atom. The van der Waals surface area contributed by atoms with E-state index in [1.165, 1.54) is 6.20 Å². The van der Waals surface area contributed by atoms with E-state index in [0.29, 0.717) is 13.1 Å². The summed E-state index contributed by atoms with van der Waals surface area (Å²) in [7, 11) is 0. The van der Waals surface area contributed by atoms with E-state index in [1.54, 1.807) is 0 Å². The smallest absolute Gasteiger partial charge is 0.277 e. The van der Waals surface area contributed by atoms with E-state index >= 15 is 0 Å². The van der Waals surface area contributed by atoms with Gasteiger partial charge < -0.3 is 21.7 Å². The third kappa shape index (κ3) is 5.15. The van der Waals surface area contributed by atoms with Crippen molar-refractivity contribution in [2.75, 3.05) is 25.4 Å². The van der Waals surface area contributed by atoms with Gasteiger partial charge in [-0.25, -0.2) is 19.1 Å². The van der Waals surface area contributed by atoms with Gasteiger partial charge in [0.15, 0.2) is 22.5 Å². The quantitative estimate of drug-likeness (QED) is 0.359. The molecule has 9 nitrogen and oxygen atoms in total. The summed E-state index contributed by atoms with van der Waals surface area (Å²) in [5.74, 6) is 0.588. The van der Waals surface area contributed by atoms with Crippen LogP contribution in [-0.4, -0.2) is 45.0 Å². The number of halogens is 1. The van der Waals surface area contributed by atoms with Crippen LogP contribution in [0.1, 0.15) is 49.1 Å². The molecule has 0 aliphatic rings. The Balaban J connectivity index is 1.96. The van der Waals surface area contributed by atoms with Gasteiger partial charge in [0.2, 0.25) is 0 Å². The molecule has 0 unspecified atom stereocenters. The molecule has 10 heteroatoms. The zero-order chi connectivity index (χ0) is 24.8. The molecule has 1 aromatic carbocycles. The molecule has 0 bridgehead atoms. The number of hydrogen-bond acceptors (Lipinski definition) is 6. The number of carbonyl (C=O) groups excluding carboxylic acids is 1. The summed E-state index contributed by atoms with van der Waals surface area (Å²) >= 11 is 5.89. The highest BCUT2D eigenvalue weighted by atomic mass is 35.5. The van der Waals surface area contributed by atoms with Gasteiger partial charge in [0.05, 0.1) is 19.3 Å². The number of nitrogens with zero attached hydrogens (tertiary/aromatic N) is 5. The van der Waals surface area contributed by atoms with E-state index < -0.39 is 5.91 Å². The van der Waals surface area contributed by atoms with Crippen LogP contribution in [0.5, 0.6) is 0 Å². The molecule has 2 heterocycles. The van der Waals surface area contributed by atoms with E-state index in [1.807, 2.05) is 0 Å². The topological polar surface area (TPSA) is 119 Å². The summed E-state index contributed by atoms with van der Waals surface area (Å²) in [5.41, 5.74) is 15.9. The molecule has 0 radical (unpaired) electrons. The number of fused-ring (bicyclic) bond motifs is 1. The van der Waals surface area contributed by atoms with Gasteiger partial charge >= 0.3 is 0 Å². The van der Waals surface area contributed by atoms with Crippen molar-refractivity contribution < 1.29 is 9.36 Å². The third-order valence-corrected chi connectivity index (χ3v) is 6.00. The van der Waals surface area contributed by atoms with Gasteiger partial charge in [-0.15, -0.1) is 0 Å². The number of nitrogen functional groups attached to an aromatic ring is 1. The monoisotopic (exact) mass is 485 g/mol. The maximum Gasteiger partial charge on any atom is 0.277 e. The normalized spacial score (nSPS) is 11.1. The number of carbonyl (C=O) groups is 1. The van der Waals surface area contributed by atoms with Crippen LogP contribution in [0, 0.1) is 0 Å². The van der Waals surface area contributed by atoms with Crippen LogP contribution < -0.4 is 21.4 Å². The number of nitrogens with two attached hydrogens (primary N) is 2. The molecule has 3 rings (SSSR count). The second-order valence-corrected chi connectivity index (χ2v) is 8.33. The lowest BCUT2D eigenvalue weighted by atomic mass is 10.1. The highest BCUT2D eigenvalue weighted by Crippen LogP contribution is 2.23. The standard InChI is InChI=1S/C24H33ClN8O/c1-5-11-31(12-10-26)16(4)17-8-9-18-19(13-17)33(7-3)21(32(18)6-2)15-29-24(34)22-23(27)28-14-20(25)30-22/h8-9,13-14H,4-7,10-12,15,26H2,1-3H3,(H2-,27,28,29,34)/p+1. The SMILES string of the molecule is C=C(c1ccc2c(c1)n(CC)c(CNC(=O)c1nc(Cl)cnc1N)[n+]2CC)N(CCC)CCN. The molecule has 0 fully saturated rings. The summed E-state index contributed by atoms with van der Waals surface area (Å²) in [5, 5.41) is 3.04. The van der Waals surface area contributed by atoms with Crippen molar-refractivity contribution in [1.29, 1.82) is 0 Å². The molecular weight excluding hydrogens is 452 g/mol. The Morgan fingerprint density at radius 3 is 2.71 bits per heavy atom. The summed E-state index contributed by atoms with van der Waals surface area (Å²) in [6.45, 7) is 14.7. The highest BCUT2D eigenvalue weighted by molar-refractivity contribution is 6.29. The van der Waals surface area contributed by atoms with E-state index in [0.717, 1.165) is 60.7 Å². The lowest BCUT2D eigenvalue weighted by Gasteiger charge is -2.25. The van der Waals surface area contributed by atoms with Crippen LogP contribution in [0.15, 0.2) is 31.0 Å². The Morgan fingerprint density at radius 2 is 2.06 bits per heavy atom. The van der Waals surface area contributed by atoms with Crippen molar-refractivity contribution in [1.82, 2.24) is 24.8 Å². The molecule has 0 aliphatic heterocycles. The zero-order valence-corrected chi connectivity index (χ0v) is 20.9. The maximum atomic E-state index is 12.7. The molecule has 34 heavy (non-hydrogen) atoms. The number of hydrogen-bond donors (Lipinski definition) is 3. The second kappa shape index (κ2) is 11.3. The van der Waals surface area contributed by atoms with E-state index in [9.17, 15) is 4.79 Å². The Bertz CT molecular complexity index is 1180. The molecule has 0 atom stereocenters. The van der Waals surface area contributed by atoms with Crippen molar-refractivity contribution >= 4 is 40.1 Å². The molecule has 0 aliphatic carbocycles. The van der Waals surface area contributed by atoms with E-state index in [4.69, 9.17) is 23.1 Å². The van der Waals surface area contributed by atoms with Crippen LogP contribution >= 0.6 is 11.6 Å². The summed E-state index contributed by atoms with van der Waals surface area (Å²) < 4.78 is 4.40. The number of aromatic nitrogens is 4. The molecule has 3 aromatic rings.